The third-order valence-electron chi connectivity index (χ3n) is 5.54. The summed E-state index contributed by atoms with van der Waals surface area (Å²) in [6, 6.07) is 5.59. The molecule has 1 amide bonds. The van der Waals surface area contributed by atoms with Crippen molar-refractivity contribution in [3.05, 3.63) is 18.2 Å². The molecule has 0 spiro atoms. The highest BCUT2D eigenvalue weighted by atomic mass is 16.5. The zero-order chi connectivity index (χ0) is 17.8. The molecule has 25 heavy (non-hydrogen) atoms. The highest BCUT2D eigenvalue weighted by molar-refractivity contribution is 5.85. The van der Waals surface area contributed by atoms with E-state index in [1.807, 2.05) is 0 Å². The van der Waals surface area contributed by atoms with E-state index < -0.39 is 6.09 Å². The fraction of sp³-hybridized carbons (Fsp3) is 0.632. The molecule has 0 radical (unpaired) electrons. The minimum atomic E-state index is -0.440. The van der Waals surface area contributed by atoms with Gasteiger partial charge < -0.3 is 14.2 Å². The largest absolute Gasteiger partial charge is 0.497 e. The van der Waals surface area contributed by atoms with E-state index in [0.29, 0.717) is 29.8 Å². The number of carbonyl (C=O) groups excluding carboxylic acids is 1. The topological polar surface area (TPSA) is 60.0 Å². The maximum atomic E-state index is 12.1. The first-order valence-corrected chi connectivity index (χ1v) is 9.03. The van der Waals surface area contributed by atoms with Gasteiger partial charge in [-0.2, -0.15) is 0 Å². The van der Waals surface area contributed by atoms with Crippen molar-refractivity contribution in [2.75, 3.05) is 39.2 Å². The highest BCUT2D eigenvalue weighted by Crippen LogP contribution is 2.37. The second kappa shape index (κ2) is 7.95. The van der Waals surface area contributed by atoms with Gasteiger partial charge in [-0.05, 0) is 31.2 Å². The summed E-state index contributed by atoms with van der Waals surface area (Å²) in [7, 11) is 3.15. The van der Waals surface area contributed by atoms with Gasteiger partial charge in [0.25, 0.3) is 0 Å². The van der Waals surface area contributed by atoms with E-state index in [2.05, 4.69) is 17.1 Å². The lowest BCUT2D eigenvalue weighted by molar-refractivity contribution is -0.0240. The average Bonchev–Trinajstić information content (AvgIpc) is 2.66. The predicted molar refractivity (Wildman–Crippen MR) is 96.4 cm³/mol. The number of piperidine rings is 3. The molecule has 0 aliphatic carbocycles. The van der Waals surface area contributed by atoms with Crippen molar-refractivity contribution >= 4 is 11.8 Å². The SMILES string of the molecule is CCC1CN2CCC1CC2COC(=O)Nc1cc(OC)cc(OC)c1. The number of benzene rings is 1. The number of fused-ring (bicyclic) bond motifs is 3. The fourth-order valence-corrected chi connectivity index (χ4v) is 4.09. The summed E-state index contributed by atoms with van der Waals surface area (Å²) in [5.41, 5.74) is 0.595. The fourth-order valence-electron chi connectivity index (χ4n) is 4.09. The third kappa shape index (κ3) is 4.18. The molecule has 6 nitrogen and oxygen atoms in total. The second-order valence-electron chi connectivity index (χ2n) is 6.93. The van der Waals surface area contributed by atoms with Crippen LogP contribution in [0.3, 0.4) is 0 Å². The molecular formula is C19H28N2O4. The van der Waals surface area contributed by atoms with Crippen LogP contribution in [-0.2, 0) is 4.74 Å². The first kappa shape index (κ1) is 17.9. The number of ether oxygens (including phenoxy) is 3. The number of rotatable bonds is 6. The van der Waals surface area contributed by atoms with Gasteiger partial charge in [-0.15, -0.1) is 0 Å². The third-order valence-corrected chi connectivity index (χ3v) is 5.54. The van der Waals surface area contributed by atoms with E-state index in [-0.39, 0.29) is 0 Å². The van der Waals surface area contributed by atoms with Crippen LogP contribution in [0.1, 0.15) is 26.2 Å². The van der Waals surface area contributed by atoms with Gasteiger partial charge >= 0.3 is 6.09 Å². The number of nitrogens with one attached hydrogen (secondary N) is 1. The van der Waals surface area contributed by atoms with Gasteiger partial charge in [-0.1, -0.05) is 13.3 Å². The maximum Gasteiger partial charge on any atom is 0.411 e. The van der Waals surface area contributed by atoms with Gasteiger partial charge in [0, 0.05) is 30.8 Å². The second-order valence-corrected chi connectivity index (χ2v) is 6.93. The quantitative estimate of drug-likeness (QED) is 0.854. The molecule has 1 aromatic rings. The Kier molecular flexibility index (Phi) is 5.68. The molecule has 3 saturated heterocycles. The molecule has 4 unspecified atom stereocenters. The Balaban J connectivity index is 1.52. The molecule has 1 aromatic carbocycles. The van der Waals surface area contributed by atoms with Crippen LogP contribution in [-0.4, -0.2) is 51.0 Å². The Labute approximate surface area is 149 Å². The Morgan fingerprint density at radius 1 is 1.24 bits per heavy atom. The number of anilines is 1. The number of methoxy groups -OCH3 is 2. The van der Waals surface area contributed by atoms with E-state index in [0.717, 1.165) is 31.3 Å². The van der Waals surface area contributed by atoms with Crippen LogP contribution in [0.2, 0.25) is 0 Å². The van der Waals surface area contributed by atoms with E-state index in [1.165, 1.54) is 12.8 Å². The zero-order valence-corrected chi connectivity index (χ0v) is 15.3. The number of carbonyl (C=O) groups is 1. The van der Waals surface area contributed by atoms with E-state index in [1.54, 1.807) is 32.4 Å². The molecule has 138 valence electrons. The van der Waals surface area contributed by atoms with Crippen molar-refractivity contribution in [3.8, 4) is 11.5 Å². The number of hydrogen-bond acceptors (Lipinski definition) is 5. The molecule has 0 saturated carbocycles. The van der Waals surface area contributed by atoms with Gasteiger partial charge in [-0.3, -0.25) is 10.2 Å². The lowest BCUT2D eigenvalue weighted by Crippen LogP contribution is -2.54. The van der Waals surface area contributed by atoms with Gasteiger partial charge in [0.1, 0.15) is 18.1 Å². The van der Waals surface area contributed by atoms with Gasteiger partial charge in [0.2, 0.25) is 0 Å². The van der Waals surface area contributed by atoms with Crippen molar-refractivity contribution in [1.82, 2.24) is 4.90 Å². The molecule has 4 atom stereocenters. The van der Waals surface area contributed by atoms with E-state index in [4.69, 9.17) is 14.2 Å². The monoisotopic (exact) mass is 348 g/mol. The summed E-state index contributed by atoms with van der Waals surface area (Å²) >= 11 is 0. The first-order chi connectivity index (χ1) is 12.1. The van der Waals surface area contributed by atoms with Crippen molar-refractivity contribution in [2.45, 2.75) is 32.2 Å². The minimum Gasteiger partial charge on any atom is -0.497 e. The van der Waals surface area contributed by atoms with Crippen molar-refractivity contribution in [1.29, 1.82) is 0 Å². The number of amides is 1. The molecule has 6 heteroatoms. The Morgan fingerprint density at radius 2 is 1.96 bits per heavy atom. The Bertz CT molecular complexity index is 585. The first-order valence-electron chi connectivity index (χ1n) is 9.03. The van der Waals surface area contributed by atoms with Crippen LogP contribution in [0.4, 0.5) is 10.5 Å². The lowest BCUT2D eigenvalue weighted by atomic mass is 9.75. The summed E-state index contributed by atoms with van der Waals surface area (Å²) in [6.07, 6.45) is 3.22. The molecule has 0 aromatic heterocycles. The van der Waals surface area contributed by atoms with Crippen molar-refractivity contribution < 1.29 is 19.0 Å². The molecule has 1 N–H and O–H groups in total. The van der Waals surface area contributed by atoms with Crippen molar-refractivity contribution in [2.24, 2.45) is 11.8 Å². The molecular weight excluding hydrogens is 320 g/mol. The van der Waals surface area contributed by atoms with E-state index in [9.17, 15) is 4.79 Å². The summed E-state index contributed by atoms with van der Waals surface area (Å²) in [4.78, 5) is 14.6. The normalized spacial score (nSPS) is 27.6. The molecule has 2 bridgehead atoms. The van der Waals surface area contributed by atoms with E-state index >= 15 is 0 Å². The number of nitrogens with zero attached hydrogens (tertiary/aromatic N) is 1. The Morgan fingerprint density at radius 3 is 2.52 bits per heavy atom. The number of hydrogen-bond donors (Lipinski definition) is 1. The summed E-state index contributed by atoms with van der Waals surface area (Å²) in [5.74, 6) is 2.84. The minimum absolute atomic E-state index is 0.354. The zero-order valence-electron chi connectivity index (χ0n) is 15.3. The van der Waals surface area contributed by atoms with Crippen LogP contribution in [0, 0.1) is 11.8 Å². The molecule has 4 rings (SSSR count). The predicted octanol–water partition coefficient (Wildman–Crippen LogP) is 3.37. The molecule has 3 fully saturated rings. The van der Waals surface area contributed by atoms with Crippen LogP contribution in [0.15, 0.2) is 18.2 Å². The van der Waals surface area contributed by atoms with Crippen LogP contribution >= 0.6 is 0 Å². The molecule has 3 aliphatic rings. The van der Waals surface area contributed by atoms with Gasteiger partial charge in [0.05, 0.1) is 19.9 Å². The van der Waals surface area contributed by atoms with Crippen LogP contribution in [0.5, 0.6) is 11.5 Å². The van der Waals surface area contributed by atoms with Gasteiger partial charge in [-0.25, -0.2) is 4.79 Å². The maximum absolute atomic E-state index is 12.1. The molecule has 3 aliphatic heterocycles. The van der Waals surface area contributed by atoms with Gasteiger partial charge in [0.15, 0.2) is 0 Å². The highest BCUT2D eigenvalue weighted by Gasteiger charge is 2.39. The lowest BCUT2D eigenvalue weighted by Gasteiger charge is -2.49. The smallest absolute Gasteiger partial charge is 0.411 e. The molecule has 3 heterocycles. The summed E-state index contributed by atoms with van der Waals surface area (Å²) in [5, 5.41) is 2.76. The van der Waals surface area contributed by atoms with Crippen LogP contribution < -0.4 is 14.8 Å². The average molecular weight is 348 g/mol. The van der Waals surface area contributed by atoms with Crippen LogP contribution in [0.25, 0.3) is 0 Å². The summed E-state index contributed by atoms with van der Waals surface area (Å²) < 4.78 is 15.9. The summed E-state index contributed by atoms with van der Waals surface area (Å²) in [6.45, 7) is 4.99. The van der Waals surface area contributed by atoms with Crippen molar-refractivity contribution in [3.63, 3.8) is 0 Å². The standard InChI is InChI=1S/C19H28N2O4/c1-4-13-11-21-6-5-14(13)7-16(21)12-25-19(22)20-15-8-17(23-2)10-18(9-15)24-3/h8-10,13-14,16H,4-7,11-12H2,1-3H3,(H,20,22). The Hall–Kier alpha value is -1.95.